The molecule has 0 aromatic rings. The van der Waals surface area contributed by atoms with Gasteiger partial charge in [0.25, 0.3) is 0 Å². The molecule has 0 aliphatic carbocycles. The first-order valence-electron chi connectivity index (χ1n) is 6.43. The third-order valence-electron chi connectivity index (χ3n) is 3.66. The second-order valence-corrected chi connectivity index (χ2v) is 4.83. The van der Waals surface area contributed by atoms with Crippen LogP contribution in [-0.2, 0) is 21.6 Å². The van der Waals surface area contributed by atoms with E-state index in [4.69, 9.17) is 15.3 Å². The Morgan fingerprint density at radius 3 is 1.55 bits per heavy atom. The first-order valence-corrected chi connectivity index (χ1v) is 6.43. The van der Waals surface area contributed by atoms with E-state index in [1.807, 2.05) is 11.9 Å². The van der Waals surface area contributed by atoms with E-state index in [2.05, 4.69) is 76.4 Å². The summed E-state index contributed by atoms with van der Waals surface area (Å²) in [5.74, 6) is 0. The van der Waals surface area contributed by atoms with Gasteiger partial charge in [-0.1, -0.05) is 0 Å². The molecule has 2 aliphatic rings. The van der Waals surface area contributed by atoms with Crippen LogP contribution < -0.4 is 0 Å². The third-order valence-corrected chi connectivity index (χ3v) is 3.66. The van der Waals surface area contributed by atoms with Crippen LogP contribution in [0, 0.1) is 11.6 Å². The van der Waals surface area contributed by atoms with E-state index in [9.17, 15) is 0 Å². The van der Waals surface area contributed by atoms with Gasteiger partial charge in [-0.3, -0.25) is 13.1 Å². The van der Waals surface area contributed by atoms with Crippen LogP contribution in [-0.4, -0.2) is 61.1 Å². The minimum absolute atomic E-state index is 0. The molecule has 0 bridgehead atoms. The average Bonchev–Trinajstić information content (AvgIpc) is 2.92. The number of likely N-dealkylation sites (N-methyl/N-ethyl adjacent to an activating group) is 1. The normalized spacial score (nSPS) is 21.9. The number of nitroso groups, excluding NO2 is 1. The molecule has 0 saturated carbocycles. The Balaban J connectivity index is -0.000000259. The van der Waals surface area contributed by atoms with Crippen molar-refractivity contribution in [2.24, 2.45) is 4.99 Å². The summed E-state index contributed by atoms with van der Waals surface area (Å²) in [5, 5.41) is 0. The molecule has 0 aromatic heterocycles. The molecule has 22 heavy (non-hydrogen) atoms. The van der Waals surface area contributed by atoms with Crippen LogP contribution in [0.5, 0.6) is 0 Å². The zero-order valence-corrected chi connectivity index (χ0v) is 15.2. The van der Waals surface area contributed by atoms with Gasteiger partial charge in [0.15, 0.2) is 0 Å². The van der Waals surface area contributed by atoms with Crippen LogP contribution in [0.3, 0.4) is 0 Å². The second-order valence-electron chi connectivity index (χ2n) is 4.83. The van der Waals surface area contributed by atoms with Gasteiger partial charge in [-0.15, -0.1) is 0 Å². The van der Waals surface area contributed by atoms with Crippen molar-refractivity contribution >= 4 is 13.1 Å². The zero-order chi connectivity index (χ0) is 17.2. The maximum Gasteiger partial charge on any atom is 0.0280 e. The van der Waals surface area contributed by atoms with Crippen molar-refractivity contribution in [1.29, 1.82) is 0 Å². The molecule has 0 spiro atoms. The fourth-order valence-corrected chi connectivity index (χ4v) is 1.65. The van der Waals surface area contributed by atoms with Crippen molar-refractivity contribution in [3.8, 4) is 0 Å². The maximum atomic E-state index is 7.75. The van der Waals surface area contributed by atoms with E-state index in [1.54, 1.807) is 0 Å². The Hall–Kier alpha value is -1.41. The SMILES string of the molecule is CC1=C(C)N(C)[CH-]N1C.CC1N=[C-]N(C)C1C.[CH-]=O.[Co].[N-]=O. The number of hydrogen-bond donors (Lipinski definition) is 0. The van der Waals surface area contributed by atoms with Gasteiger partial charge in [0.2, 0.25) is 0 Å². The number of allylic oxidation sites excluding steroid dienone is 2. The predicted octanol–water partition coefficient (Wildman–Crippen LogP) is 1.89. The molecular weight excluding hydrogens is 329 g/mol. The van der Waals surface area contributed by atoms with Crippen molar-refractivity contribution in [2.45, 2.75) is 39.8 Å². The van der Waals surface area contributed by atoms with Gasteiger partial charge in [-0.2, -0.15) is 6.67 Å². The Labute approximate surface area is 144 Å². The van der Waals surface area contributed by atoms with Gasteiger partial charge in [-0.05, 0) is 60.2 Å². The Bertz CT molecular complexity index is 335. The van der Waals surface area contributed by atoms with Crippen molar-refractivity contribution in [3.63, 3.8) is 0 Å². The minimum atomic E-state index is 0. The van der Waals surface area contributed by atoms with Crippen molar-refractivity contribution in [3.05, 3.63) is 28.6 Å². The van der Waals surface area contributed by atoms with Gasteiger partial charge in [0.1, 0.15) is 0 Å². The van der Waals surface area contributed by atoms with E-state index in [-0.39, 0.29) is 16.8 Å². The van der Waals surface area contributed by atoms with Gasteiger partial charge in [0.05, 0.1) is 0 Å². The Morgan fingerprint density at radius 2 is 1.45 bits per heavy atom. The Kier molecular flexibility index (Phi) is 15.4. The molecule has 0 N–H and O–H groups in total. The van der Waals surface area contributed by atoms with E-state index in [0.29, 0.717) is 12.1 Å². The largest absolute Gasteiger partial charge is 0.577 e. The number of nitrogens with zero attached hydrogens (tertiary/aromatic N) is 5. The summed E-state index contributed by atoms with van der Waals surface area (Å²) >= 11 is 0. The summed E-state index contributed by atoms with van der Waals surface area (Å²) in [6, 6.07) is 0.968. The third kappa shape index (κ3) is 7.55. The number of hydrogen-bond acceptors (Lipinski definition) is 6. The molecule has 2 aliphatic heterocycles. The van der Waals surface area contributed by atoms with Gasteiger partial charge in [-0.25, -0.2) is 0 Å². The van der Waals surface area contributed by atoms with Gasteiger partial charge >= 0.3 is 0 Å². The van der Waals surface area contributed by atoms with Crippen LogP contribution in [0.4, 0.5) is 0 Å². The fourth-order valence-electron chi connectivity index (χ4n) is 1.65. The monoisotopic (exact) mass is 354 g/mol. The first kappa shape index (κ1) is 25.5. The molecule has 2 heterocycles. The van der Waals surface area contributed by atoms with Gasteiger partial charge < -0.3 is 35.0 Å². The molecule has 1 radical (unpaired) electrons. The molecule has 0 saturated heterocycles. The van der Waals surface area contributed by atoms with Crippen LogP contribution >= 0.6 is 0 Å². The quantitative estimate of drug-likeness (QED) is 0.490. The summed E-state index contributed by atoms with van der Waals surface area (Å²) in [7, 11) is 6.11. The first-order chi connectivity index (χ1) is 9.84. The topological polar surface area (TPSA) is 78.5 Å². The van der Waals surface area contributed by atoms with E-state index in [1.165, 1.54) is 11.4 Å². The minimum Gasteiger partial charge on any atom is -0.577 e. The van der Waals surface area contributed by atoms with E-state index >= 15 is 0 Å². The molecule has 0 aromatic carbocycles. The molecule has 2 unspecified atom stereocenters. The smallest absolute Gasteiger partial charge is 0.0280 e. The van der Waals surface area contributed by atoms with E-state index in [0.717, 1.165) is 0 Å². The molecule has 2 rings (SSSR count). The van der Waals surface area contributed by atoms with Crippen molar-refractivity contribution in [2.75, 3.05) is 21.1 Å². The molecule has 0 amide bonds. The number of rotatable bonds is 0. The summed E-state index contributed by atoms with van der Waals surface area (Å²) < 4.78 is 0. The summed E-state index contributed by atoms with van der Waals surface area (Å²) in [6.45, 7) is 13.8. The molecule has 2 atom stereocenters. The fraction of sp³-hybridized carbons (Fsp3) is 0.643. The van der Waals surface area contributed by atoms with Crippen molar-refractivity contribution < 1.29 is 21.6 Å². The second kappa shape index (κ2) is 13.3. The number of aliphatic imine (C=N–C) groups is 1. The summed E-state index contributed by atoms with van der Waals surface area (Å²) in [6.07, 6.45) is 2.88. The molecule has 8 heteroatoms. The summed E-state index contributed by atoms with van der Waals surface area (Å²) in [4.78, 5) is 25.3. The van der Waals surface area contributed by atoms with Gasteiger partial charge in [0, 0.05) is 28.9 Å². The van der Waals surface area contributed by atoms with E-state index < -0.39 is 0 Å². The summed E-state index contributed by atoms with van der Waals surface area (Å²) in [5.41, 5.74) is 8.41. The number of carbonyl (C=O) groups excluding carboxylic acids is 1. The predicted molar refractivity (Wildman–Crippen MR) is 85.8 cm³/mol. The molecular formula is C14H25CoN5O2-4. The Morgan fingerprint density at radius 1 is 1.09 bits per heavy atom. The maximum absolute atomic E-state index is 7.75. The molecule has 0 fully saturated rings. The van der Waals surface area contributed by atoms with Crippen LogP contribution in [0.2, 0.25) is 0 Å². The van der Waals surface area contributed by atoms with Crippen molar-refractivity contribution in [1.82, 2.24) is 14.7 Å². The molecule has 131 valence electrons. The van der Waals surface area contributed by atoms with Crippen LogP contribution in [0.15, 0.2) is 16.4 Å². The molecule has 7 nitrogen and oxygen atoms in total. The van der Waals surface area contributed by atoms with Crippen LogP contribution in [0.25, 0.3) is 5.59 Å². The average molecular weight is 354 g/mol. The zero-order valence-electron chi connectivity index (χ0n) is 14.2. The standard InChI is InChI=1S/C7H13N2.C6H11N2.CHO.Co.NO/c1-6-7(2)9(4)5-8(6)3;1-5-6(2)8(3)4-7-5;1-2;;1-2/h5H,1-4H3;5-6H,1-3H3;1H;;/q3*-1;;-1. The van der Waals surface area contributed by atoms with Crippen LogP contribution in [0.1, 0.15) is 27.7 Å².